The highest BCUT2D eigenvalue weighted by molar-refractivity contribution is 5.73. The lowest BCUT2D eigenvalue weighted by Gasteiger charge is -2.71. The third kappa shape index (κ3) is 6.01. The number of ether oxygens (including phenoxy) is 2. The number of fused-ring (bicyclic) bond motifs is 3. The van der Waals surface area contributed by atoms with Crippen molar-refractivity contribution in [2.45, 2.75) is 158 Å². The first kappa shape index (κ1) is 41.8. The van der Waals surface area contributed by atoms with Crippen LogP contribution in [0, 0.1) is 62.1 Å². The molecule has 314 valence electrons. The average molecular weight is 778 g/mol. The molecule has 10 heteroatoms. The fraction of sp³-hybridized carbons (Fsp3) is 0.870. The van der Waals surface area contributed by atoms with Gasteiger partial charge in [-0.15, -0.1) is 0 Å². The van der Waals surface area contributed by atoms with E-state index in [1.54, 1.807) is 13.3 Å². The molecule has 56 heavy (non-hydrogen) atoms. The number of hydrogen-bond donors (Lipinski definition) is 2. The molecule has 1 aromatic heterocycles. The Kier molecular flexibility index (Phi) is 10.4. The number of nitrogens with zero attached hydrogens (tertiary/aromatic N) is 4. The summed E-state index contributed by atoms with van der Waals surface area (Å²) in [5.74, 6) is 1.61. The number of carboxylic acids is 1. The highest BCUT2D eigenvalue weighted by atomic mass is 16.5. The number of hydrogen-bond acceptors (Lipinski definition) is 7. The summed E-state index contributed by atoms with van der Waals surface area (Å²) in [7, 11) is 0. The third-order valence-electron chi connectivity index (χ3n) is 18.6. The van der Waals surface area contributed by atoms with Crippen molar-refractivity contribution in [1.82, 2.24) is 19.7 Å². The first-order valence-electron chi connectivity index (χ1n) is 22.0. The summed E-state index contributed by atoms with van der Waals surface area (Å²) in [6.45, 7) is 29.8. The lowest BCUT2D eigenvalue weighted by atomic mass is 9.34. The van der Waals surface area contributed by atoms with Gasteiger partial charge in [-0.25, -0.2) is 9.67 Å². The Morgan fingerprint density at radius 2 is 1.70 bits per heavy atom. The molecule has 7 rings (SSSR count). The second-order valence-corrected chi connectivity index (χ2v) is 22.4. The van der Waals surface area contributed by atoms with Gasteiger partial charge in [-0.2, -0.15) is 5.10 Å². The molecule has 0 radical (unpaired) electrons. The molecular formula is C46H75N5O5. The van der Waals surface area contributed by atoms with Crippen LogP contribution >= 0.6 is 0 Å². The van der Waals surface area contributed by atoms with Crippen molar-refractivity contribution in [3.05, 3.63) is 23.8 Å². The molecule has 5 fully saturated rings. The van der Waals surface area contributed by atoms with Crippen LogP contribution in [0.25, 0.3) is 0 Å². The molecule has 1 amide bonds. The molecule has 12 atom stereocenters. The Balaban J connectivity index is 1.32. The smallest absolute Gasteiger partial charge is 0.307 e. The van der Waals surface area contributed by atoms with E-state index < -0.39 is 17.4 Å². The monoisotopic (exact) mass is 778 g/mol. The molecule has 4 aliphatic carbocycles. The Morgan fingerprint density at radius 3 is 2.30 bits per heavy atom. The largest absolute Gasteiger partial charge is 0.481 e. The number of amides is 1. The first-order chi connectivity index (χ1) is 26.0. The Hall–Kier alpha value is -2.30. The van der Waals surface area contributed by atoms with Crippen molar-refractivity contribution in [3.63, 3.8) is 0 Å². The second kappa shape index (κ2) is 13.9. The van der Waals surface area contributed by atoms with Gasteiger partial charge in [-0.3, -0.25) is 9.59 Å². The fourth-order valence-corrected chi connectivity index (χ4v) is 13.9. The van der Waals surface area contributed by atoms with E-state index in [4.69, 9.17) is 25.3 Å². The van der Waals surface area contributed by atoms with E-state index >= 15 is 0 Å². The maximum absolute atomic E-state index is 13.6. The predicted molar refractivity (Wildman–Crippen MR) is 219 cm³/mol. The number of piperidine rings is 1. The van der Waals surface area contributed by atoms with E-state index in [1.807, 2.05) is 4.90 Å². The van der Waals surface area contributed by atoms with Crippen molar-refractivity contribution >= 4 is 11.9 Å². The van der Waals surface area contributed by atoms with Crippen molar-refractivity contribution in [2.24, 2.45) is 67.8 Å². The molecule has 2 bridgehead atoms. The first-order valence-corrected chi connectivity index (χ1v) is 22.0. The van der Waals surface area contributed by atoms with E-state index in [1.165, 1.54) is 5.57 Å². The SMILES string of the molecule is CC(=O)N1CCC(c2ncnn2[C@@H]2C[C@@]34COC[C@](C)([C@@H]3CC[C@H]3C4=CC[C@@]4(C)[C@H](C(=O)O)[C@@](C)([C@H](C)C(C)C)CC[C@]34C)[C@H]2OC[C@](C)(N)C(C)(C)C)CC1. The lowest BCUT2D eigenvalue weighted by molar-refractivity contribution is -0.253. The summed E-state index contributed by atoms with van der Waals surface area (Å²) in [6.07, 6.45) is 11.5. The van der Waals surface area contributed by atoms with E-state index in [9.17, 15) is 14.7 Å². The van der Waals surface area contributed by atoms with Crippen LogP contribution in [0.15, 0.2) is 18.0 Å². The maximum atomic E-state index is 13.6. The number of aromatic nitrogens is 3. The number of carboxylic acid groups (broad SMARTS) is 1. The molecule has 10 nitrogen and oxygen atoms in total. The molecule has 1 aromatic rings. The van der Waals surface area contributed by atoms with Crippen LogP contribution in [0.4, 0.5) is 0 Å². The summed E-state index contributed by atoms with van der Waals surface area (Å²) < 4.78 is 16.3. The minimum Gasteiger partial charge on any atom is -0.481 e. The van der Waals surface area contributed by atoms with Crippen molar-refractivity contribution in [3.8, 4) is 0 Å². The van der Waals surface area contributed by atoms with Gasteiger partial charge in [0.2, 0.25) is 5.91 Å². The summed E-state index contributed by atoms with van der Waals surface area (Å²) in [6, 6.07) is -0.0895. The topological polar surface area (TPSA) is 133 Å². The van der Waals surface area contributed by atoms with Crippen LogP contribution in [0.3, 0.4) is 0 Å². The van der Waals surface area contributed by atoms with E-state index in [0.717, 1.165) is 70.3 Å². The van der Waals surface area contributed by atoms with Crippen LogP contribution < -0.4 is 5.73 Å². The van der Waals surface area contributed by atoms with Crippen LogP contribution in [-0.4, -0.2) is 81.2 Å². The highest BCUT2D eigenvalue weighted by Crippen LogP contribution is 2.75. The van der Waals surface area contributed by atoms with Gasteiger partial charge >= 0.3 is 5.97 Å². The molecule has 2 saturated heterocycles. The van der Waals surface area contributed by atoms with Gasteiger partial charge in [0.05, 0.1) is 37.9 Å². The van der Waals surface area contributed by atoms with Gasteiger partial charge in [0.1, 0.15) is 12.2 Å². The molecule has 2 aliphatic heterocycles. The normalized spacial score (nSPS) is 41.9. The molecule has 6 aliphatic rings. The number of allylic oxidation sites excluding steroid dienone is 1. The maximum Gasteiger partial charge on any atom is 0.307 e. The molecule has 3 saturated carbocycles. The number of likely N-dealkylation sites (tertiary alicyclic amines) is 1. The van der Waals surface area contributed by atoms with Crippen molar-refractivity contribution in [1.29, 1.82) is 0 Å². The minimum absolute atomic E-state index is 0.0895. The Morgan fingerprint density at radius 1 is 1.02 bits per heavy atom. The zero-order valence-electron chi connectivity index (χ0n) is 36.9. The standard InChI is InChI=1S/C46H75N5O5/c1-28(2)29(3)41(8)19-20-43(10)32-13-14-35-42(9)24-55-26-46(35,33(32)15-18-44(43,11)36(41)39(53)54)23-34(37(42)56-25-45(12,47)40(5,6)7)51-38(48-27-49-51)31-16-21-50(22-17-31)30(4)52/h15,27-29,31-32,34-37H,13-14,16-26,47H2,1-12H3,(H,53,54)/t29-,32+,34-,35+,36-,37+,41-,42-,43-,44+,45+,46+/m1/s1. The van der Waals surface area contributed by atoms with Gasteiger partial charge in [0.25, 0.3) is 0 Å². The van der Waals surface area contributed by atoms with E-state index in [-0.39, 0.29) is 62.4 Å². The van der Waals surface area contributed by atoms with Gasteiger partial charge in [-0.1, -0.05) is 80.9 Å². The van der Waals surface area contributed by atoms with E-state index in [2.05, 4.69) is 86.9 Å². The third-order valence-corrected chi connectivity index (χ3v) is 18.6. The summed E-state index contributed by atoms with van der Waals surface area (Å²) in [5, 5.41) is 16.2. The summed E-state index contributed by atoms with van der Waals surface area (Å²) >= 11 is 0. The Bertz CT molecular complexity index is 1710. The summed E-state index contributed by atoms with van der Waals surface area (Å²) in [4.78, 5) is 32.8. The number of rotatable bonds is 8. The number of aliphatic carboxylic acids is 1. The van der Waals surface area contributed by atoms with Crippen molar-refractivity contribution in [2.75, 3.05) is 32.9 Å². The molecule has 3 N–H and O–H groups in total. The predicted octanol–water partition coefficient (Wildman–Crippen LogP) is 8.28. The number of carbonyl (C=O) groups is 2. The summed E-state index contributed by atoms with van der Waals surface area (Å²) in [5.41, 5.74) is 6.47. The van der Waals surface area contributed by atoms with Crippen LogP contribution in [0.5, 0.6) is 0 Å². The molecule has 0 unspecified atom stereocenters. The number of carbonyl (C=O) groups excluding carboxylic acids is 1. The fourth-order valence-electron chi connectivity index (χ4n) is 13.9. The number of nitrogens with two attached hydrogens (primary N) is 1. The highest BCUT2D eigenvalue weighted by Gasteiger charge is 2.72. The molecule has 0 aromatic carbocycles. The van der Waals surface area contributed by atoms with Gasteiger partial charge in [-0.05, 0) is 104 Å². The molecule has 0 spiro atoms. The quantitative estimate of drug-likeness (QED) is 0.252. The van der Waals surface area contributed by atoms with E-state index in [0.29, 0.717) is 37.6 Å². The van der Waals surface area contributed by atoms with Gasteiger partial charge in [0, 0.05) is 42.3 Å². The van der Waals surface area contributed by atoms with Gasteiger partial charge in [0.15, 0.2) is 0 Å². The van der Waals surface area contributed by atoms with Crippen LogP contribution in [0.2, 0.25) is 0 Å². The van der Waals surface area contributed by atoms with Crippen LogP contribution in [0.1, 0.15) is 152 Å². The zero-order valence-corrected chi connectivity index (χ0v) is 36.9. The van der Waals surface area contributed by atoms with Gasteiger partial charge < -0.3 is 25.2 Å². The molecule has 3 heterocycles. The zero-order chi connectivity index (χ0) is 41.0. The minimum atomic E-state index is -0.626. The van der Waals surface area contributed by atoms with Crippen molar-refractivity contribution < 1.29 is 24.2 Å². The lowest BCUT2D eigenvalue weighted by Crippen LogP contribution is -2.69. The second-order valence-electron chi connectivity index (χ2n) is 22.4. The average Bonchev–Trinajstić information content (AvgIpc) is 3.60. The molecular weight excluding hydrogens is 703 g/mol. The van der Waals surface area contributed by atoms with Crippen LogP contribution in [-0.2, 0) is 19.1 Å². The Labute approximate surface area is 337 Å².